The van der Waals surface area contributed by atoms with Gasteiger partial charge in [0.1, 0.15) is 5.75 Å². The van der Waals surface area contributed by atoms with Crippen molar-refractivity contribution in [2.24, 2.45) is 0 Å². The molecule has 0 unspecified atom stereocenters. The van der Waals surface area contributed by atoms with Gasteiger partial charge in [0.05, 0.1) is 12.8 Å². The molecular weight excluding hydrogens is 190 g/mol. The molecule has 1 aromatic carbocycles. The summed E-state index contributed by atoms with van der Waals surface area (Å²) < 4.78 is 5.12. The summed E-state index contributed by atoms with van der Waals surface area (Å²) in [4.78, 5) is 13.3. The minimum absolute atomic E-state index is 0.130. The maximum atomic E-state index is 11.6. The predicted molar refractivity (Wildman–Crippen MR) is 58.9 cm³/mol. The van der Waals surface area contributed by atoms with Crippen LogP contribution in [0.15, 0.2) is 36.5 Å². The molecule has 1 heterocycles. The van der Waals surface area contributed by atoms with Crippen LogP contribution >= 0.6 is 0 Å². The summed E-state index contributed by atoms with van der Waals surface area (Å²) in [6.45, 7) is 0. The number of methoxy groups -OCH3 is 1. The lowest BCUT2D eigenvalue weighted by Gasteiger charge is -2.21. The first-order valence-electron chi connectivity index (χ1n) is 4.94. The highest BCUT2D eigenvalue weighted by Crippen LogP contribution is 2.23. The van der Waals surface area contributed by atoms with Crippen LogP contribution in [0.2, 0.25) is 0 Å². The first kappa shape index (κ1) is 9.77. The Morgan fingerprint density at radius 1 is 1.40 bits per heavy atom. The van der Waals surface area contributed by atoms with E-state index in [0.29, 0.717) is 6.42 Å². The van der Waals surface area contributed by atoms with Crippen LogP contribution in [-0.2, 0) is 4.79 Å². The fourth-order valence-electron chi connectivity index (χ4n) is 1.58. The summed E-state index contributed by atoms with van der Waals surface area (Å²) >= 11 is 0. The molecule has 1 amide bonds. The van der Waals surface area contributed by atoms with Crippen LogP contribution in [0, 0.1) is 0 Å². The molecule has 0 aliphatic carbocycles. The van der Waals surface area contributed by atoms with Crippen molar-refractivity contribution in [1.82, 2.24) is 0 Å². The number of rotatable bonds is 2. The summed E-state index contributed by atoms with van der Waals surface area (Å²) in [5.41, 5.74) is 0.857. The second kappa shape index (κ2) is 4.17. The van der Waals surface area contributed by atoms with Gasteiger partial charge in [-0.25, -0.2) is 0 Å². The Hall–Kier alpha value is -1.77. The molecule has 0 N–H and O–H groups in total. The highest BCUT2D eigenvalue weighted by atomic mass is 16.5. The average Bonchev–Trinajstić information content (AvgIpc) is 2.30. The van der Waals surface area contributed by atoms with Crippen LogP contribution in [0.25, 0.3) is 0 Å². The smallest absolute Gasteiger partial charge is 0.231 e. The Kier molecular flexibility index (Phi) is 2.72. The van der Waals surface area contributed by atoms with Crippen molar-refractivity contribution in [2.45, 2.75) is 12.8 Å². The van der Waals surface area contributed by atoms with Crippen LogP contribution < -0.4 is 9.64 Å². The number of allylic oxidation sites excluding steroid dienone is 1. The zero-order valence-corrected chi connectivity index (χ0v) is 8.64. The number of hydrogen-bond donors (Lipinski definition) is 0. The van der Waals surface area contributed by atoms with E-state index in [2.05, 4.69) is 0 Å². The number of hydrogen-bond acceptors (Lipinski definition) is 2. The molecule has 0 aromatic heterocycles. The highest BCUT2D eigenvalue weighted by Gasteiger charge is 2.15. The molecule has 1 aromatic rings. The Morgan fingerprint density at radius 3 is 3.00 bits per heavy atom. The SMILES string of the molecule is COc1cccc(N2C=CCCC2=O)c1. The third kappa shape index (κ3) is 2.01. The van der Waals surface area contributed by atoms with E-state index in [1.165, 1.54) is 0 Å². The van der Waals surface area contributed by atoms with Crippen LogP contribution in [0.1, 0.15) is 12.8 Å². The van der Waals surface area contributed by atoms with Gasteiger partial charge < -0.3 is 4.74 Å². The van der Waals surface area contributed by atoms with Gasteiger partial charge in [0.25, 0.3) is 0 Å². The Morgan fingerprint density at radius 2 is 2.27 bits per heavy atom. The molecular formula is C12H13NO2. The van der Waals surface area contributed by atoms with Gasteiger partial charge in [0, 0.05) is 18.7 Å². The molecule has 0 fully saturated rings. The van der Waals surface area contributed by atoms with E-state index in [4.69, 9.17) is 4.74 Å². The third-order valence-corrected chi connectivity index (χ3v) is 2.38. The van der Waals surface area contributed by atoms with Crippen molar-refractivity contribution >= 4 is 11.6 Å². The van der Waals surface area contributed by atoms with Crippen LogP contribution in [0.5, 0.6) is 5.75 Å². The number of anilines is 1. The second-order valence-corrected chi connectivity index (χ2v) is 3.39. The molecule has 78 valence electrons. The van der Waals surface area contributed by atoms with Gasteiger partial charge in [-0.3, -0.25) is 9.69 Å². The fraction of sp³-hybridized carbons (Fsp3) is 0.250. The Balaban J connectivity index is 2.31. The lowest BCUT2D eigenvalue weighted by atomic mass is 10.2. The molecule has 0 radical (unpaired) electrons. The number of carbonyl (C=O) groups excluding carboxylic acids is 1. The Bertz CT molecular complexity index is 398. The Labute approximate surface area is 89.0 Å². The number of amides is 1. The highest BCUT2D eigenvalue weighted by molar-refractivity contribution is 5.96. The van der Waals surface area contributed by atoms with Crippen molar-refractivity contribution in [1.29, 1.82) is 0 Å². The maximum Gasteiger partial charge on any atom is 0.231 e. The number of carbonyl (C=O) groups is 1. The first-order valence-corrected chi connectivity index (χ1v) is 4.94. The fourth-order valence-corrected chi connectivity index (χ4v) is 1.58. The molecule has 0 atom stereocenters. The number of benzene rings is 1. The predicted octanol–water partition coefficient (Wildman–Crippen LogP) is 2.34. The van der Waals surface area contributed by atoms with Crippen molar-refractivity contribution in [3.63, 3.8) is 0 Å². The topological polar surface area (TPSA) is 29.5 Å². The van der Waals surface area contributed by atoms with Crippen molar-refractivity contribution in [3.8, 4) is 5.75 Å². The minimum Gasteiger partial charge on any atom is -0.497 e. The van der Waals surface area contributed by atoms with Gasteiger partial charge in [0.15, 0.2) is 0 Å². The van der Waals surface area contributed by atoms with Crippen LogP contribution in [0.4, 0.5) is 5.69 Å². The van der Waals surface area contributed by atoms with E-state index >= 15 is 0 Å². The quantitative estimate of drug-likeness (QED) is 0.738. The normalized spacial score (nSPS) is 15.5. The summed E-state index contributed by atoms with van der Waals surface area (Å²) in [6, 6.07) is 7.50. The van der Waals surface area contributed by atoms with E-state index in [1.54, 1.807) is 12.0 Å². The second-order valence-electron chi connectivity index (χ2n) is 3.39. The summed E-state index contributed by atoms with van der Waals surface area (Å²) in [7, 11) is 1.62. The maximum absolute atomic E-state index is 11.6. The standard InChI is InChI=1S/C12H13NO2/c1-15-11-6-4-5-10(9-11)13-8-3-2-7-12(13)14/h3-6,8-9H,2,7H2,1H3. The van der Waals surface area contributed by atoms with Crippen molar-refractivity contribution < 1.29 is 9.53 Å². The molecule has 0 saturated heterocycles. The molecule has 0 saturated carbocycles. The minimum atomic E-state index is 0.130. The van der Waals surface area contributed by atoms with Crippen molar-refractivity contribution in [2.75, 3.05) is 12.0 Å². The van der Waals surface area contributed by atoms with E-state index in [1.807, 2.05) is 36.5 Å². The number of nitrogens with zero attached hydrogens (tertiary/aromatic N) is 1. The zero-order chi connectivity index (χ0) is 10.7. The average molecular weight is 203 g/mol. The van der Waals surface area contributed by atoms with Gasteiger partial charge in [-0.05, 0) is 18.6 Å². The van der Waals surface area contributed by atoms with Gasteiger partial charge in [-0.1, -0.05) is 12.1 Å². The van der Waals surface area contributed by atoms with Gasteiger partial charge in [-0.15, -0.1) is 0 Å². The molecule has 0 bridgehead atoms. The van der Waals surface area contributed by atoms with E-state index in [-0.39, 0.29) is 5.91 Å². The summed E-state index contributed by atoms with van der Waals surface area (Å²) in [5.74, 6) is 0.894. The largest absolute Gasteiger partial charge is 0.497 e. The lowest BCUT2D eigenvalue weighted by molar-refractivity contribution is -0.118. The molecule has 2 rings (SSSR count). The number of ether oxygens (including phenoxy) is 1. The molecule has 0 spiro atoms. The molecule has 1 aliphatic rings. The van der Waals surface area contributed by atoms with Crippen LogP contribution in [0.3, 0.4) is 0 Å². The van der Waals surface area contributed by atoms with E-state index < -0.39 is 0 Å². The molecule has 15 heavy (non-hydrogen) atoms. The van der Waals surface area contributed by atoms with Gasteiger partial charge in [0.2, 0.25) is 5.91 Å². The molecule has 3 heteroatoms. The monoisotopic (exact) mass is 203 g/mol. The van der Waals surface area contributed by atoms with Crippen molar-refractivity contribution in [3.05, 3.63) is 36.5 Å². The van der Waals surface area contributed by atoms with Gasteiger partial charge >= 0.3 is 0 Å². The zero-order valence-electron chi connectivity index (χ0n) is 8.64. The molecule has 1 aliphatic heterocycles. The van der Waals surface area contributed by atoms with E-state index in [0.717, 1.165) is 17.9 Å². The first-order chi connectivity index (χ1) is 7.31. The van der Waals surface area contributed by atoms with Crippen LogP contribution in [-0.4, -0.2) is 13.0 Å². The summed E-state index contributed by atoms with van der Waals surface area (Å²) in [6.07, 6.45) is 5.23. The lowest BCUT2D eigenvalue weighted by Crippen LogP contribution is -2.27. The van der Waals surface area contributed by atoms with E-state index in [9.17, 15) is 4.79 Å². The third-order valence-electron chi connectivity index (χ3n) is 2.38. The summed E-state index contributed by atoms with van der Waals surface area (Å²) in [5, 5.41) is 0. The molecule has 3 nitrogen and oxygen atoms in total. The van der Waals surface area contributed by atoms with Gasteiger partial charge in [-0.2, -0.15) is 0 Å².